The van der Waals surface area contributed by atoms with E-state index in [1.807, 2.05) is 32.0 Å². The number of fused-ring (bicyclic) bond motifs is 1. The van der Waals surface area contributed by atoms with E-state index in [2.05, 4.69) is 22.5 Å². The Morgan fingerprint density at radius 2 is 2.03 bits per heavy atom. The number of ether oxygens (including phenoxy) is 1. The second kappa shape index (κ2) is 8.85. The van der Waals surface area contributed by atoms with Crippen molar-refractivity contribution < 1.29 is 29.3 Å². The van der Waals surface area contributed by atoms with Gasteiger partial charge in [0.05, 0.1) is 17.9 Å². The third-order valence-electron chi connectivity index (χ3n) is 7.15. The number of halogens is 1. The number of benzene rings is 1. The second-order valence-corrected chi connectivity index (χ2v) is 10.3. The average Bonchev–Trinajstić information content (AvgIpc) is 3.34. The molecule has 1 aromatic carbocycles. The fourth-order valence-corrected chi connectivity index (χ4v) is 6.91. The molecule has 0 aromatic heterocycles. The number of carbonyl (C=O) groups excluding carboxylic acids is 2. The fourth-order valence-electron chi connectivity index (χ4n) is 5.97. The van der Waals surface area contributed by atoms with Gasteiger partial charge >= 0.3 is 5.97 Å². The molecule has 4 rings (SSSR count). The zero-order valence-electron chi connectivity index (χ0n) is 18.7. The van der Waals surface area contributed by atoms with E-state index in [9.17, 15) is 24.6 Å². The summed E-state index contributed by atoms with van der Waals surface area (Å²) in [5.41, 5.74) is 1.32. The van der Waals surface area contributed by atoms with Crippen molar-refractivity contribution in [2.24, 2.45) is 11.8 Å². The number of para-hydroxylation sites is 1. The number of carboxylic acids is 1. The second-order valence-electron chi connectivity index (χ2n) is 9.09. The predicted molar refractivity (Wildman–Crippen MR) is 125 cm³/mol. The number of rotatable bonds is 8. The van der Waals surface area contributed by atoms with Crippen LogP contribution in [0.1, 0.15) is 24.0 Å². The number of carboxylic acid groups (broad SMARTS) is 1. The Hall–Kier alpha value is -2.23. The monoisotopic (exact) mass is 520 g/mol. The molecule has 2 amide bonds. The fraction of sp³-hybridized carbons (Fsp3) is 0.542. The van der Waals surface area contributed by atoms with Crippen molar-refractivity contribution >= 4 is 39.4 Å². The number of hydrogen-bond acceptors (Lipinski definition) is 5. The molecule has 3 heterocycles. The molecule has 178 valence electrons. The van der Waals surface area contributed by atoms with Crippen LogP contribution in [0.25, 0.3) is 0 Å². The van der Waals surface area contributed by atoms with Gasteiger partial charge in [-0.15, -0.1) is 6.58 Å². The largest absolute Gasteiger partial charge is 0.481 e. The first-order valence-electron chi connectivity index (χ1n) is 11.1. The van der Waals surface area contributed by atoms with Crippen molar-refractivity contribution in [3.8, 4) is 0 Å². The van der Waals surface area contributed by atoms with Crippen LogP contribution in [0.5, 0.6) is 0 Å². The summed E-state index contributed by atoms with van der Waals surface area (Å²) in [4.78, 5) is 42.7. The van der Waals surface area contributed by atoms with Gasteiger partial charge in [-0.1, -0.05) is 40.2 Å². The average molecular weight is 521 g/mol. The van der Waals surface area contributed by atoms with Gasteiger partial charge in [-0.3, -0.25) is 14.4 Å². The predicted octanol–water partition coefficient (Wildman–Crippen LogP) is 2.04. The van der Waals surface area contributed by atoms with Gasteiger partial charge in [0.25, 0.3) is 5.91 Å². The normalized spacial score (nSPS) is 32.2. The zero-order valence-corrected chi connectivity index (χ0v) is 20.3. The Morgan fingerprint density at radius 3 is 2.61 bits per heavy atom. The van der Waals surface area contributed by atoms with Gasteiger partial charge in [-0.05, 0) is 37.8 Å². The Bertz CT molecular complexity index is 979. The molecule has 2 N–H and O–H groups in total. The van der Waals surface area contributed by atoms with Crippen molar-refractivity contribution in [2.75, 3.05) is 24.6 Å². The molecule has 3 unspecified atom stereocenters. The summed E-state index contributed by atoms with van der Waals surface area (Å²) >= 11 is 3.54. The highest BCUT2D eigenvalue weighted by Crippen LogP contribution is 2.60. The maximum absolute atomic E-state index is 14.2. The smallest absolute Gasteiger partial charge is 0.310 e. The molecule has 0 radical (unpaired) electrons. The number of aliphatic carboxylic acids is 1. The number of aryl methyl sites for hydroxylation is 2. The number of hydrogen-bond donors (Lipinski definition) is 2. The van der Waals surface area contributed by atoms with Crippen LogP contribution in [0.4, 0.5) is 5.69 Å². The van der Waals surface area contributed by atoms with Gasteiger partial charge in [0.15, 0.2) is 0 Å². The van der Waals surface area contributed by atoms with Crippen LogP contribution in [0.2, 0.25) is 0 Å². The summed E-state index contributed by atoms with van der Waals surface area (Å²) in [5, 5.41) is 19.3. The number of carbonyl (C=O) groups is 3. The van der Waals surface area contributed by atoms with Crippen molar-refractivity contribution in [2.45, 2.75) is 49.3 Å². The van der Waals surface area contributed by atoms with E-state index in [4.69, 9.17) is 4.74 Å². The first-order valence-corrected chi connectivity index (χ1v) is 12.1. The number of nitrogens with zero attached hydrogens (tertiary/aromatic N) is 2. The Balaban J connectivity index is 1.83. The number of anilines is 1. The van der Waals surface area contributed by atoms with E-state index >= 15 is 0 Å². The summed E-state index contributed by atoms with van der Waals surface area (Å²) in [6.45, 7) is 7.88. The van der Waals surface area contributed by atoms with E-state index in [1.54, 1.807) is 11.0 Å². The first kappa shape index (κ1) is 23.9. The van der Waals surface area contributed by atoms with E-state index in [0.29, 0.717) is 6.42 Å². The lowest BCUT2D eigenvalue weighted by Gasteiger charge is -2.37. The molecular weight excluding hydrogens is 492 g/mol. The highest BCUT2D eigenvalue weighted by molar-refractivity contribution is 9.09. The van der Waals surface area contributed by atoms with Gasteiger partial charge in [0.2, 0.25) is 5.91 Å². The van der Waals surface area contributed by atoms with E-state index in [0.717, 1.165) is 16.8 Å². The van der Waals surface area contributed by atoms with E-state index in [1.165, 1.54) is 4.90 Å². The maximum Gasteiger partial charge on any atom is 0.310 e. The van der Waals surface area contributed by atoms with Gasteiger partial charge in [0.1, 0.15) is 11.6 Å². The third-order valence-corrected chi connectivity index (χ3v) is 8.00. The van der Waals surface area contributed by atoms with Crippen LogP contribution in [0, 0.1) is 25.7 Å². The maximum atomic E-state index is 14.2. The molecule has 9 heteroatoms. The Kier molecular flexibility index (Phi) is 6.41. The molecule has 3 fully saturated rings. The van der Waals surface area contributed by atoms with Crippen LogP contribution in [-0.4, -0.2) is 75.2 Å². The van der Waals surface area contributed by atoms with Crippen LogP contribution >= 0.6 is 15.9 Å². The third kappa shape index (κ3) is 3.52. The minimum absolute atomic E-state index is 0.145. The number of amides is 2. The quantitative estimate of drug-likeness (QED) is 0.401. The Labute approximate surface area is 201 Å². The number of aliphatic hydroxyl groups is 1. The summed E-state index contributed by atoms with van der Waals surface area (Å²) in [6.07, 6.45) is 1.59. The molecular formula is C24H29BrN2O6. The zero-order chi connectivity index (χ0) is 24.1. The van der Waals surface area contributed by atoms with Gasteiger partial charge in [-0.2, -0.15) is 0 Å². The summed E-state index contributed by atoms with van der Waals surface area (Å²) in [5.74, 6) is -3.79. The molecule has 0 aliphatic carbocycles. The number of likely N-dealkylation sites (tertiary alicyclic amines) is 1. The minimum Gasteiger partial charge on any atom is -0.481 e. The Morgan fingerprint density at radius 1 is 1.36 bits per heavy atom. The van der Waals surface area contributed by atoms with Gasteiger partial charge in [-0.25, -0.2) is 0 Å². The standard InChI is InChI=1S/C24H29BrN2O6/c1-4-9-26(18-13(2)7-5-8-14(18)3)22(30)20-24-12-15(25)19(33-24)16(23(31)32)17(24)21(29)27(20)10-6-11-28/h4-5,7-8,15-17,19-20,28H,1,6,9-12H2,2-3H3,(H,31,32)/t15?,16-,17-,19-,20?,24?/m0/s1. The number of aliphatic hydroxyl groups excluding tert-OH is 1. The highest BCUT2D eigenvalue weighted by atomic mass is 79.9. The minimum atomic E-state index is -1.23. The lowest BCUT2D eigenvalue weighted by molar-refractivity contribution is -0.149. The molecule has 3 aliphatic heterocycles. The first-order chi connectivity index (χ1) is 15.7. The van der Waals surface area contributed by atoms with Gasteiger partial charge in [0, 0.05) is 30.2 Å². The number of alkyl halides is 1. The van der Waals surface area contributed by atoms with E-state index in [-0.39, 0.29) is 36.9 Å². The molecule has 1 spiro atoms. The van der Waals surface area contributed by atoms with E-state index < -0.39 is 41.5 Å². The topological polar surface area (TPSA) is 107 Å². The van der Waals surface area contributed by atoms with Crippen LogP contribution in [0.15, 0.2) is 30.9 Å². The van der Waals surface area contributed by atoms with Crippen LogP contribution in [0.3, 0.4) is 0 Å². The summed E-state index contributed by atoms with van der Waals surface area (Å²) in [6, 6.07) is 4.77. The molecule has 33 heavy (non-hydrogen) atoms. The van der Waals surface area contributed by atoms with Crippen molar-refractivity contribution in [1.82, 2.24) is 4.90 Å². The SMILES string of the molecule is C=CCN(C(=O)C1N(CCCO)C(=O)[C@@H]2[C@H](C(=O)O)[C@H]3OC12CC3Br)c1c(C)cccc1C. The highest BCUT2D eigenvalue weighted by Gasteiger charge is 2.76. The molecule has 0 saturated carbocycles. The summed E-state index contributed by atoms with van der Waals surface area (Å²) in [7, 11) is 0. The summed E-state index contributed by atoms with van der Waals surface area (Å²) < 4.78 is 6.28. The molecule has 8 nitrogen and oxygen atoms in total. The van der Waals surface area contributed by atoms with Crippen molar-refractivity contribution in [3.05, 3.63) is 42.0 Å². The van der Waals surface area contributed by atoms with Crippen molar-refractivity contribution in [1.29, 1.82) is 0 Å². The van der Waals surface area contributed by atoms with Crippen LogP contribution in [-0.2, 0) is 19.1 Å². The van der Waals surface area contributed by atoms with Crippen molar-refractivity contribution in [3.63, 3.8) is 0 Å². The van der Waals surface area contributed by atoms with Gasteiger partial charge < -0.3 is 24.7 Å². The lowest BCUT2D eigenvalue weighted by atomic mass is 9.70. The molecule has 2 bridgehead atoms. The molecule has 6 atom stereocenters. The molecule has 3 aliphatic rings. The van der Waals surface area contributed by atoms with Crippen LogP contribution < -0.4 is 4.90 Å². The molecule has 1 aromatic rings. The molecule has 3 saturated heterocycles. The lowest BCUT2D eigenvalue weighted by Crippen LogP contribution is -2.57.